The lowest BCUT2D eigenvalue weighted by Crippen LogP contribution is -2.39. The normalized spacial score (nSPS) is 16.7. The molecular formula is C19H30N4O4S. The zero-order valence-electron chi connectivity index (χ0n) is 16.6. The number of rotatable bonds is 9. The van der Waals surface area contributed by atoms with Gasteiger partial charge >= 0.3 is 0 Å². The van der Waals surface area contributed by atoms with Crippen LogP contribution in [0.15, 0.2) is 23.2 Å². The van der Waals surface area contributed by atoms with Crippen molar-refractivity contribution in [2.45, 2.75) is 32.7 Å². The summed E-state index contributed by atoms with van der Waals surface area (Å²) in [7, 11) is -1.36. The van der Waals surface area contributed by atoms with Gasteiger partial charge in [0, 0.05) is 26.7 Å². The Labute approximate surface area is 167 Å². The van der Waals surface area contributed by atoms with Gasteiger partial charge in [-0.15, -0.1) is 0 Å². The highest BCUT2D eigenvalue weighted by Gasteiger charge is 2.20. The van der Waals surface area contributed by atoms with Crippen LogP contribution in [0.2, 0.25) is 0 Å². The van der Waals surface area contributed by atoms with E-state index in [0.29, 0.717) is 31.5 Å². The van der Waals surface area contributed by atoms with E-state index in [2.05, 4.69) is 15.0 Å². The zero-order valence-corrected chi connectivity index (χ0v) is 17.4. The molecule has 9 heteroatoms. The molecule has 0 radical (unpaired) electrons. The first kappa shape index (κ1) is 20.7. The van der Waals surface area contributed by atoms with Gasteiger partial charge in [-0.2, -0.15) is 0 Å². The maximum Gasteiger partial charge on any atom is 0.231 e. The van der Waals surface area contributed by atoms with Gasteiger partial charge in [0.05, 0.1) is 12.3 Å². The van der Waals surface area contributed by atoms with Gasteiger partial charge in [0.15, 0.2) is 17.5 Å². The van der Waals surface area contributed by atoms with Crippen LogP contribution in [0, 0.1) is 5.92 Å². The lowest BCUT2D eigenvalue weighted by Gasteiger charge is -2.25. The van der Waals surface area contributed by atoms with Crippen molar-refractivity contribution in [2.75, 3.05) is 39.2 Å². The Kier molecular flexibility index (Phi) is 7.01. The van der Waals surface area contributed by atoms with Crippen molar-refractivity contribution in [2.24, 2.45) is 10.9 Å². The lowest BCUT2D eigenvalue weighted by atomic mass is 9.86. The lowest BCUT2D eigenvalue weighted by molar-refractivity contribution is 0.174. The Hall–Kier alpha value is -2.00. The van der Waals surface area contributed by atoms with E-state index in [9.17, 15) is 8.42 Å². The molecule has 2 N–H and O–H groups in total. The molecule has 1 saturated carbocycles. The van der Waals surface area contributed by atoms with E-state index in [-0.39, 0.29) is 19.1 Å². The molecule has 1 aromatic rings. The summed E-state index contributed by atoms with van der Waals surface area (Å²) in [5, 5.41) is 3.21. The summed E-state index contributed by atoms with van der Waals surface area (Å²) < 4.78 is 37.8. The molecule has 1 aromatic carbocycles. The molecule has 0 spiro atoms. The van der Waals surface area contributed by atoms with E-state index in [1.165, 1.54) is 6.42 Å². The van der Waals surface area contributed by atoms with Crippen molar-refractivity contribution in [3.63, 3.8) is 0 Å². The third kappa shape index (κ3) is 5.75. The van der Waals surface area contributed by atoms with Crippen molar-refractivity contribution in [1.82, 2.24) is 14.9 Å². The first-order chi connectivity index (χ1) is 13.5. The van der Waals surface area contributed by atoms with Crippen molar-refractivity contribution in [3.05, 3.63) is 23.8 Å². The van der Waals surface area contributed by atoms with Crippen molar-refractivity contribution < 1.29 is 17.9 Å². The molecule has 2 aliphatic rings. The van der Waals surface area contributed by atoms with Gasteiger partial charge < -0.3 is 19.7 Å². The second-order valence-corrected chi connectivity index (χ2v) is 9.17. The Bertz CT molecular complexity index is 793. The molecule has 1 aliphatic heterocycles. The predicted octanol–water partition coefficient (Wildman–Crippen LogP) is 1.53. The van der Waals surface area contributed by atoms with Gasteiger partial charge in [-0.05, 0) is 43.4 Å². The summed E-state index contributed by atoms with van der Waals surface area (Å²) in [6, 6.07) is 5.84. The highest BCUT2D eigenvalue weighted by Crippen LogP contribution is 2.32. The summed E-state index contributed by atoms with van der Waals surface area (Å²) in [5.41, 5.74) is 1.06. The number of fused-ring (bicyclic) bond motifs is 1. The molecular weight excluding hydrogens is 380 g/mol. The Morgan fingerprint density at radius 2 is 2.07 bits per heavy atom. The number of nitrogens with zero attached hydrogens (tertiary/aromatic N) is 2. The van der Waals surface area contributed by atoms with E-state index in [0.717, 1.165) is 29.9 Å². The third-order valence-corrected chi connectivity index (χ3v) is 6.32. The van der Waals surface area contributed by atoms with Crippen LogP contribution in [0.3, 0.4) is 0 Å². The largest absolute Gasteiger partial charge is 0.454 e. The maximum absolute atomic E-state index is 12.1. The van der Waals surface area contributed by atoms with E-state index < -0.39 is 10.0 Å². The Balaban J connectivity index is 1.53. The average Bonchev–Trinajstić information content (AvgIpc) is 3.07. The maximum atomic E-state index is 12.1. The van der Waals surface area contributed by atoms with Gasteiger partial charge in [0.2, 0.25) is 16.8 Å². The number of hydrogen-bond acceptors (Lipinski definition) is 5. The quantitative estimate of drug-likeness (QED) is 0.474. The fourth-order valence-corrected chi connectivity index (χ4v) is 4.11. The van der Waals surface area contributed by atoms with E-state index in [1.807, 2.05) is 37.1 Å². The SMILES string of the molecule is CCNC(=NCCS(=O)(=O)NCC1CCC1)N(C)Cc1ccc2c(c1)OCO2. The number of benzene rings is 1. The number of guanidine groups is 1. The highest BCUT2D eigenvalue weighted by molar-refractivity contribution is 7.89. The molecule has 28 heavy (non-hydrogen) atoms. The molecule has 0 saturated heterocycles. The molecule has 1 aliphatic carbocycles. The molecule has 0 bridgehead atoms. The van der Waals surface area contributed by atoms with Crippen LogP contribution in [0.5, 0.6) is 11.5 Å². The van der Waals surface area contributed by atoms with Crippen LogP contribution in [0.4, 0.5) is 0 Å². The van der Waals surface area contributed by atoms with Crippen LogP contribution < -0.4 is 19.5 Å². The van der Waals surface area contributed by atoms with Crippen LogP contribution in [-0.2, 0) is 16.6 Å². The average molecular weight is 411 g/mol. The first-order valence-corrected chi connectivity index (χ1v) is 11.5. The number of ether oxygens (including phenoxy) is 2. The molecule has 0 amide bonds. The summed E-state index contributed by atoms with van der Waals surface area (Å²) in [6.07, 6.45) is 3.45. The van der Waals surface area contributed by atoms with Gasteiger partial charge in [-0.25, -0.2) is 13.1 Å². The van der Waals surface area contributed by atoms with Crippen LogP contribution in [-0.4, -0.2) is 58.5 Å². The van der Waals surface area contributed by atoms with Gasteiger partial charge in [0.25, 0.3) is 0 Å². The minimum atomic E-state index is -3.29. The van der Waals surface area contributed by atoms with Crippen molar-refractivity contribution in [3.8, 4) is 11.5 Å². The fraction of sp³-hybridized carbons (Fsp3) is 0.632. The van der Waals surface area contributed by atoms with E-state index in [1.54, 1.807) is 0 Å². The topological polar surface area (TPSA) is 92.3 Å². The monoisotopic (exact) mass is 410 g/mol. The van der Waals surface area contributed by atoms with Crippen LogP contribution >= 0.6 is 0 Å². The third-order valence-electron chi connectivity index (χ3n) is 4.99. The van der Waals surface area contributed by atoms with Gasteiger partial charge in [-0.3, -0.25) is 4.99 Å². The second-order valence-electron chi connectivity index (χ2n) is 7.24. The summed E-state index contributed by atoms with van der Waals surface area (Å²) in [5.74, 6) is 2.67. The number of sulfonamides is 1. The molecule has 8 nitrogen and oxygen atoms in total. The predicted molar refractivity (Wildman–Crippen MR) is 109 cm³/mol. The highest BCUT2D eigenvalue weighted by atomic mass is 32.2. The second kappa shape index (κ2) is 9.47. The van der Waals surface area contributed by atoms with Crippen LogP contribution in [0.25, 0.3) is 0 Å². The molecule has 1 heterocycles. The minimum absolute atomic E-state index is 0.00746. The molecule has 0 atom stereocenters. The summed E-state index contributed by atoms with van der Waals surface area (Å²) >= 11 is 0. The molecule has 0 aromatic heterocycles. The fourth-order valence-electron chi connectivity index (χ4n) is 3.14. The van der Waals surface area contributed by atoms with Gasteiger partial charge in [0.1, 0.15) is 0 Å². The molecule has 156 valence electrons. The Morgan fingerprint density at radius 3 is 2.79 bits per heavy atom. The molecule has 0 unspecified atom stereocenters. The van der Waals surface area contributed by atoms with Crippen molar-refractivity contribution >= 4 is 16.0 Å². The molecule has 3 rings (SSSR count). The first-order valence-electron chi connectivity index (χ1n) is 9.82. The number of nitrogens with one attached hydrogen (secondary N) is 2. The molecule has 1 fully saturated rings. The standard InChI is InChI=1S/C19H30N4O4S/c1-3-20-19(21-9-10-28(24,25)22-12-15-5-4-6-15)23(2)13-16-7-8-17-18(11-16)27-14-26-17/h7-8,11,15,22H,3-6,9-10,12-14H2,1-2H3,(H,20,21). The minimum Gasteiger partial charge on any atom is -0.454 e. The van der Waals surface area contributed by atoms with Gasteiger partial charge in [-0.1, -0.05) is 12.5 Å². The zero-order chi connectivity index (χ0) is 20.0. The van der Waals surface area contributed by atoms with Crippen molar-refractivity contribution in [1.29, 1.82) is 0 Å². The smallest absolute Gasteiger partial charge is 0.231 e. The van der Waals surface area contributed by atoms with E-state index >= 15 is 0 Å². The number of hydrogen-bond donors (Lipinski definition) is 2. The Morgan fingerprint density at radius 1 is 1.29 bits per heavy atom. The summed E-state index contributed by atoms with van der Waals surface area (Å²) in [6.45, 7) is 4.33. The number of aliphatic imine (C=N–C) groups is 1. The van der Waals surface area contributed by atoms with E-state index in [4.69, 9.17) is 9.47 Å². The summed E-state index contributed by atoms with van der Waals surface area (Å²) in [4.78, 5) is 6.45. The van der Waals surface area contributed by atoms with Crippen LogP contribution in [0.1, 0.15) is 31.7 Å².